The third-order valence-electron chi connectivity index (χ3n) is 17.6. The second-order valence-electron chi connectivity index (χ2n) is 21.5. The van der Waals surface area contributed by atoms with Gasteiger partial charge >= 0.3 is 11.9 Å². The first-order chi connectivity index (χ1) is 28.3. The van der Waals surface area contributed by atoms with Crippen LogP contribution in [0.25, 0.3) is 0 Å². The van der Waals surface area contributed by atoms with Gasteiger partial charge in [0.15, 0.2) is 5.78 Å². The van der Waals surface area contributed by atoms with Crippen LogP contribution in [0.2, 0.25) is 0 Å². The van der Waals surface area contributed by atoms with E-state index in [0.717, 1.165) is 58.0 Å². The van der Waals surface area contributed by atoms with E-state index < -0.39 is 17.5 Å². The summed E-state index contributed by atoms with van der Waals surface area (Å²) in [7, 11) is 1.64. The second kappa shape index (κ2) is 19.0. The number of aliphatic carboxylic acids is 1. The maximum absolute atomic E-state index is 14.8. The molecule has 342 valence electrons. The molecule has 5 fully saturated rings. The number of carbonyl (C=O) groups is 3. The van der Waals surface area contributed by atoms with E-state index in [1.165, 1.54) is 5.57 Å². The van der Waals surface area contributed by atoms with Gasteiger partial charge in [-0.25, -0.2) is 0 Å². The Morgan fingerprint density at radius 1 is 0.800 bits per heavy atom. The molecule has 0 radical (unpaired) electrons. The van der Waals surface area contributed by atoms with E-state index in [-0.39, 0.29) is 75.9 Å². The number of fused-ring (bicyclic) bond motifs is 7. The summed E-state index contributed by atoms with van der Waals surface area (Å²) in [5.41, 5.74) is -0.201. The zero-order valence-corrected chi connectivity index (χ0v) is 38.3. The Morgan fingerprint density at radius 3 is 2.05 bits per heavy atom. The topological polar surface area (TPSA) is 150 Å². The fourth-order valence-electron chi connectivity index (χ4n) is 13.6. The molecule has 4 saturated carbocycles. The molecular weight excluding hydrogens is 767 g/mol. The minimum atomic E-state index is -0.759. The quantitative estimate of drug-likeness (QED) is 0.105. The number of piperidine rings is 1. The number of methoxy groups -OCH3 is 1. The van der Waals surface area contributed by atoms with Crippen LogP contribution in [0, 0.1) is 56.2 Å². The summed E-state index contributed by atoms with van der Waals surface area (Å²) in [6.45, 7) is 21.9. The Kier molecular flexibility index (Phi) is 15.1. The monoisotopic (exact) mass is 846 g/mol. The summed E-state index contributed by atoms with van der Waals surface area (Å²) in [6, 6.07) is 0. The van der Waals surface area contributed by atoms with Crippen molar-refractivity contribution in [2.24, 2.45) is 56.2 Å². The van der Waals surface area contributed by atoms with Gasteiger partial charge in [0.2, 0.25) is 0 Å². The predicted molar refractivity (Wildman–Crippen MR) is 227 cm³/mol. The van der Waals surface area contributed by atoms with Crippen LogP contribution in [-0.4, -0.2) is 131 Å². The van der Waals surface area contributed by atoms with Crippen molar-refractivity contribution >= 4 is 17.7 Å². The van der Waals surface area contributed by atoms with E-state index in [1.807, 2.05) is 13.0 Å². The molecule has 1 saturated heterocycles. The largest absolute Gasteiger partial charge is 0.481 e. The van der Waals surface area contributed by atoms with Gasteiger partial charge in [-0.3, -0.25) is 14.4 Å². The number of esters is 1. The number of carboxylic acid groups (broad SMARTS) is 1. The maximum Gasteiger partial charge on any atom is 0.309 e. The lowest BCUT2D eigenvalue weighted by molar-refractivity contribution is -0.212. The van der Waals surface area contributed by atoms with Crippen LogP contribution in [-0.2, 0) is 42.8 Å². The number of carbonyl (C=O) groups excluding carboxylic acids is 2. The van der Waals surface area contributed by atoms with Crippen LogP contribution in [0.1, 0.15) is 119 Å². The highest BCUT2D eigenvalue weighted by molar-refractivity contribution is 5.95. The Labute approximate surface area is 360 Å². The Bertz CT molecular complexity index is 1540. The van der Waals surface area contributed by atoms with Crippen molar-refractivity contribution in [3.05, 3.63) is 11.6 Å². The van der Waals surface area contributed by atoms with Gasteiger partial charge < -0.3 is 43.5 Å². The molecule has 1 unspecified atom stereocenters. The lowest BCUT2D eigenvalue weighted by Gasteiger charge is -2.70. The molecule has 5 aliphatic carbocycles. The van der Waals surface area contributed by atoms with Gasteiger partial charge in [0.25, 0.3) is 0 Å². The normalized spacial score (nSPS) is 38.5. The average Bonchev–Trinajstić information content (AvgIpc) is 3.19. The third kappa shape index (κ3) is 9.32. The van der Waals surface area contributed by atoms with Crippen molar-refractivity contribution in [1.82, 2.24) is 4.90 Å². The van der Waals surface area contributed by atoms with Gasteiger partial charge in [-0.2, -0.15) is 0 Å². The summed E-state index contributed by atoms with van der Waals surface area (Å²) < 4.78 is 33.4. The predicted octanol–water partition coefficient (Wildman–Crippen LogP) is 6.75. The Morgan fingerprint density at radius 2 is 1.42 bits per heavy atom. The van der Waals surface area contributed by atoms with E-state index >= 15 is 0 Å². The van der Waals surface area contributed by atoms with E-state index in [1.54, 1.807) is 7.11 Å². The highest BCUT2D eigenvalue weighted by Gasteiger charge is 2.70. The van der Waals surface area contributed by atoms with Gasteiger partial charge in [0.1, 0.15) is 6.61 Å². The Balaban J connectivity index is 0.957. The summed E-state index contributed by atoms with van der Waals surface area (Å²) in [5, 5.41) is 21.4. The standard InChI is InChI=1S/C48H79NO11/c1-43(2)38-9-14-48(7)40(37(51)29-35-36-30-45(4,42(53)54)16-15-44(36,3)17-18-47(35,48)6)46(38,5)13-10-39(43)60-32-34(50)31-49-19-11-33(12-20-49)41(52)59-28-27-58-26-25-57-24-23-56-22-21-55-8/h29,33-34,36,38-40,50H,9-28,30-32H2,1-8H3,(H,53,54)/t34?,36-,38-,39-,40+,44+,45-,46-,47+,48+/m0/s1. The SMILES string of the molecule is COCCOCCOCCOCCOC(=O)C1CCN(CC(O)CO[C@H]2CC[C@]3(C)[C@H]4C(=O)C=C5[C@@H]6C[C@@](C)(C(=O)O)CC[C@]6(C)CC[C@@]5(C)[C@]4(C)CC[C@H]3C2(C)C)CC1. The van der Waals surface area contributed by atoms with Gasteiger partial charge in [0.05, 0.1) is 76.4 Å². The molecule has 0 amide bonds. The molecule has 6 rings (SSSR count). The zero-order valence-electron chi connectivity index (χ0n) is 38.3. The molecular formula is C48H79NO11. The van der Waals surface area contributed by atoms with Crippen molar-refractivity contribution in [3.8, 4) is 0 Å². The van der Waals surface area contributed by atoms with Gasteiger partial charge in [-0.15, -0.1) is 0 Å². The number of allylic oxidation sites excluding steroid dienone is 2. The molecule has 0 aromatic carbocycles. The summed E-state index contributed by atoms with van der Waals surface area (Å²) in [4.78, 5) is 42.2. The van der Waals surface area contributed by atoms with Crippen LogP contribution < -0.4 is 0 Å². The first kappa shape index (κ1) is 47.5. The van der Waals surface area contributed by atoms with Gasteiger partial charge in [-0.1, -0.05) is 47.1 Å². The average molecular weight is 846 g/mol. The number of ketones is 1. The molecule has 60 heavy (non-hydrogen) atoms. The van der Waals surface area contributed by atoms with Gasteiger partial charge in [0, 0.05) is 19.6 Å². The number of hydrogen-bond acceptors (Lipinski definition) is 11. The van der Waals surface area contributed by atoms with Crippen LogP contribution >= 0.6 is 0 Å². The fourth-order valence-corrected chi connectivity index (χ4v) is 13.6. The highest BCUT2D eigenvalue weighted by atomic mass is 16.6. The van der Waals surface area contributed by atoms with Gasteiger partial charge in [-0.05, 0) is 136 Å². The number of hydrogen-bond donors (Lipinski definition) is 2. The molecule has 12 nitrogen and oxygen atoms in total. The number of aliphatic hydroxyl groups excluding tert-OH is 1. The zero-order chi connectivity index (χ0) is 43.6. The third-order valence-corrected chi connectivity index (χ3v) is 17.6. The number of nitrogens with zero attached hydrogens (tertiary/aromatic N) is 1. The highest BCUT2D eigenvalue weighted by Crippen LogP contribution is 2.75. The summed E-state index contributed by atoms with van der Waals surface area (Å²) >= 11 is 0. The molecule has 0 aromatic rings. The van der Waals surface area contributed by atoms with E-state index in [9.17, 15) is 24.6 Å². The molecule has 6 aliphatic rings. The number of carboxylic acids is 1. The molecule has 12 heteroatoms. The van der Waals surface area contributed by atoms with Crippen molar-refractivity contribution in [1.29, 1.82) is 0 Å². The molecule has 10 atom stereocenters. The number of aliphatic hydroxyl groups is 1. The number of rotatable bonds is 19. The number of β-amino-alcohol motifs (C(OH)–C–C–N with tert-alkyl or cyclic N) is 1. The van der Waals surface area contributed by atoms with Crippen molar-refractivity contribution in [2.45, 2.75) is 131 Å². The lowest BCUT2D eigenvalue weighted by Crippen LogP contribution is -2.66. The molecule has 0 bridgehead atoms. The first-order valence-corrected chi connectivity index (χ1v) is 23.2. The molecule has 2 N–H and O–H groups in total. The van der Waals surface area contributed by atoms with E-state index in [0.29, 0.717) is 84.4 Å². The van der Waals surface area contributed by atoms with Crippen LogP contribution in [0.4, 0.5) is 0 Å². The molecule has 1 heterocycles. The summed E-state index contributed by atoms with van der Waals surface area (Å²) in [5.74, 6) is -0.469. The minimum Gasteiger partial charge on any atom is -0.481 e. The van der Waals surface area contributed by atoms with Crippen LogP contribution in [0.3, 0.4) is 0 Å². The minimum absolute atomic E-state index is 0.0239. The van der Waals surface area contributed by atoms with Crippen molar-refractivity contribution in [2.75, 3.05) is 86.2 Å². The second-order valence-corrected chi connectivity index (χ2v) is 21.5. The lowest BCUT2D eigenvalue weighted by atomic mass is 9.33. The van der Waals surface area contributed by atoms with E-state index in [4.69, 9.17) is 28.4 Å². The molecule has 0 spiro atoms. The smallest absolute Gasteiger partial charge is 0.309 e. The van der Waals surface area contributed by atoms with Crippen molar-refractivity contribution < 1.29 is 53.0 Å². The summed E-state index contributed by atoms with van der Waals surface area (Å²) in [6.07, 6.45) is 10.8. The molecule has 1 aliphatic heterocycles. The van der Waals surface area contributed by atoms with Crippen molar-refractivity contribution in [3.63, 3.8) is 0 Å². The fraction of sp³-hybridized carbons (Fsp3) is 0.896. The van der Waals surface area contributed by atoms with E-state index in [2.05, 4.69) is 46.4 Å². The van der Waals surface area contributed by atoms with Crippen LogP contribution in [0.5, 0.6) is 0 Å². The molecule has 0 aromatic heterocycles. The maximum atomic E-state index is 14.8. The Hall–Kier alpha value is -1.93. The number of likely N-dealkylation sites (tertiary alicyclic amines) is 1. The van der Waals surface area contributed by atoms with Crippen LogP contribution in [0.15, 0.2) is 11.6 Å². The number of ether oxygens (including phenoxy) is 6. The first-order valence-electron chi connectivity index (χ1n) is 23.2.